The Balaban J connectivity index is 0.00000400. The van der Waals surface area contributed by atoms with Gasteiger partial charge in [-0.15, -0.1) is 24.0 Å². The minimum atomic E-state index is 0. The number of amides is 1. The lowest BCUT2D eigenvalue weighted by Crippen LogP contribution is -2.44. The van der Waals surface area contributed by atoms with Gasteiger partial charge in [0.1, 0.15) is 6.54 Å². The average Bonchev–Trinajstić information content (AvgIpc) is 2.82. The summed E-state index contributed by atoms with van der Waals surface area (Å²) in [6.45, 7) is 7.01. The third-order valence-electron chi connectivity index (χ3n) is 3.27. The number of hydrogen-bond acceptors (Lipinski definition) is 3. The molecule has 1 unspecified atom stereocenters. The lowest BCUT2D eigenvalue weighted by Gasteiger charge is -2.24. The molecule has 21 heavy (non-hydrogen) atoms. The summed E-state index contributed by atoms with van der Waals surface area (Å²) in [5.41, 5.74) is 0. The molecule has 1 aliphatic rings. The number of hydrogen-bond donors (Lipinski definition) is 1. The van der Waals surface area contributed by atoms with Gasteiger partial charge in [-0.1, -0.05) is 0 Å². The molecule has 0 aromatic carbocycles. The number of likely N-dealkylation sites (N-methyl/N-ethyl adjacent to an activating group) is 1. The summed E-state index contributed by atoms with van der Waals surface area (Å²) in [6, 6.07) is 0.296. The number of nitrogens with one attached hydrogen (secondary N) is 1. The van der Waals surface area contributed by atoms with Crippen LogP contribution in [0.3, 0.4) is 0 Å². The van der Waals surface area contributed by atoms with E-state index in [1.807, 2.05) is 0 Å². The van der Waals surface area contributed by atoms with E-state index in [0.29, 0.717) is 12.0 Å². The third-order valence-corrected chi connectivity index (χ3v) is 3.27. The molecule has 7 heteroatoms. The van der Waals surface area contributed by atoms with Crippen molar-refractivity contribution in [1.82, 2.24) is 15.1 Å². The first-order valence-electron chi connectivity index (χ1n) is 7.19. The van der Waals surface area contributed by atoms with Gasteiger partial charge in [0.15, 0.2) is 5.96 Å². The van der Waals surface area contributed by atoms with E-state index >= 15 is 0 Å². The zero-order chi connectivity index (χ0) is 15.1. The smallest absolute Gasteiger partial charge is 0.243 e. The van der Waals surface area contributed by atoms with Gasteiger partial charge in [-0.2, -0.15) is 0 Å². The van der Waals surface area contributed by atoms with E-state index in [1.165, 1.54) is 0 Å². The van der Waals surface area contributed by atoms with Crippen molar-refractivity contribution in [3.8, 4) is 0 Å². The Kier molecular flexibility index (Phi) is 9.93. The predicted octanol–water partition coefficient (Wildman–Crippen LogP) is 1.01. The number of guanidine groups is 1. The lowest BCUT2D eigenvalue weighted by molar-refractivity contribution is -0.127. The van der Waals surface area contributed by atoms with Crippen LogP contribution in [0.15, 0.2) is 4.99 Å². The number of halogens is 1. The monoisotopic (exact) mass is 412 g/mol. The largest absolute Gasteiger partial charge is 0.384 e. The highest BCUT2D eigenvalue weighted by atomic mass is 127. The van der Waals surface area contributed by atoms with Gasteiger partial charge in [0.2, 0.25) is 5.91 Å². The molecular formula is C14H29IN4O2. The van der Waals surface area contributed by atoms with Crippen LogP contribution in [0.5, 0.6) is 0 Å². The molecule has 1 heterocycles. The van der Waals surface area contributed by atoms with Crippen molar-refractivity contribution < 1.29 is 9.53 Å². The molecular weight excluding hydrogens is 383 g/mol. The number of carbonyl (C=O) groups is 1. The van der Waals surface area contributed by atoms with Crippen LogP contribution in [0.4, 0.5) is 0 Å². The van der Waals surface area contributed by atoms with Gasteiger partial charge >= 0.3 is 0 Å². The minimum absolute atomic E-state index is 0. The molecule has 6 nitrogen and oxygen atoms in total. The molecule has 0 radical (unpaired) electrons. The lowest BCUT2D eigenvalue weighted by atomic mass is 10.1. The van der Waals surface area contributed by atoms with Crippen molar-refractivity contribution in [2.45, 2.75) is 26.3 Å². The van der Waals surface area contributed by atoms with Crippen LogP contribution in [0.1, 0.15) is 20.3 Å². The minimum Gasteiger partial charge on any atom is -0.384 e. The highest BCUT2D eigenvalue weighted by Gasteiger charge is 2.25. The van der Waals surface area contributed by atoms with Gasteiger partial charge in [-0.25, -0.2) is 4.99 Å². The summed E-state index contributed by atoms with van der Waals surface area (Å²) >= 11 is 0. The Hall–Kier alpha value is -0.570. The number of nitrogens with zero attached hydrogens (tertiary/aromatic N) is 3. The van der Waals surface area contributed by atoms with Crippen LogP contribution in [0.25, 0.3) is 0 Å². The fourth-order valence-electron chi connectivity index (χ4n) is 2.18. The molecule has 0 spiro atoms. The maximum atomic E-state index is 11.7. The molecule has 0 aromatic rings. The molecule has 1 saturated heterocycles. The Morgan fingerprint density at radius 2 is 2.14 bits per heavy atom. The van der Waals surface area contributed by atoms with Crippen molar-refractivity contribution in [3.05, 3.63) is 0 Å². The fourth-order valence-corrected chi connectivity index (χ4v) is 2.18. The summed E-state index contributed by atoms with van der Waals surface area (Å²) in [4.78, 5) is 19.9. The standard InChI is InChI=1S/C14H28N4O2.HI/c1-11(2)16-14(15-8-13(19)17(3)4)18-7-6-12(9-18)10-20-5;/h11-12H,6-10H2,1-5H3,(H,15,16);1H. The first kappa shape index (κ1) is 20.4. The maximum absolute atomic E-state index is 11.7. The molecule has 0 aliphatic carbocycles. The summed E-state index contributed by atoms with van der Waals surface area (Å²) in [6.07, 6.45) is 1.11. The second-order valence-electron chi connectivity index (χ2n) is 5.78. The van der Waals surface area contributed by atoms with Crippen LogP contribution in [-0.4, -0.2) is 75.2 Å². The van der Waals surface area contributed by atoms with Crippen LogP contribution in [0, 0.1) is 5.92 Å². The van der Waals surface area contributed by atoms with E-state index in [2.05, 4.69) is 29.1 Å². The number of methoxy groups -OCH3 is 1. The molecule has 0 saturated carbocycles. The predicted molar refractivity (Wildman–Crippen MR) is 96.2 cm³/mol. The Morgan fingerprint density at radius 3 is 2.67 bits per heavy atom. The van der Waals surface area contributed by atoms with E-state index in [9.17, 15) is 4.79 Å². The third kappa shape index (κ3) is 7.30. The highest BCUT2D eigenvalue weighted by molar-refractivity contribution is 14.0. The molecule has 1 fully saturated rings. The molecule has 1 rings (SSSR count). The number of aliphatic imine (C=N–C) groups is 1. The van der Waals surface area contributed by atoms with Crippen molar-refractivity contribution in [1.29, 1.82) is 0 Å². The molecule has 0 bridgehead atoms. The second kappa shape index (κ2) is 10.2. The molecule has 1 aliphatic heterocycles. The zero-order valence-corrected chi connectivity index (χ0v) is 16.1. The molecule has 1 N–H and O–H groups in total. The van der Waals surface area contributed by atoms with Crippen molar-refractivity contribution in [3.63, 3.8) is 0 Å². The van der Waals surface area contributed by atoms with Crippen molar-refractivity contribution in [2.24, 2.45) is 10.9 Å². The van der Waals surface area contributed by atoms with E-state index in [1.54, 1.807) is 26.1 Å². The van der Waals surface area contributed by atoms with Crippen LogP contribution in [-0.2, 0) is 9.53 Å². The van der Waals surface area contributed by atoms with Crippen molar-refractivity contribution >= 4 is 35.8 Å². The molecule has 1 atom stereocenters. The number of carbonyl (C=O) groups excluding carboxylic acids is 1. The van der Waals surface area contributed by atoms with Gasteiger partial charge in [0.05, 0.1) is 6.61 Å². The van der Waals surface area contributed by atoms with E-state index in [-0.39, 0.29) is 36.4 Å². The van der Waals surface area contributed by atoms with Gasteiger partial charge in [0.25, 0.3) is 0 Å². The first-order chi connectivity index (χ1) is 9.43. The second-order valence-corrected chi connectivity index (χ2v) is 5.78. The average molecular weight is 412 g/mol. The Labute approximate surface area is 145 Å². The summed E-state index contributed by atoms with van der Waals surface area (Å²) in [5.74, 6) is 1.39. The highest BCUT2D eigenvalue weighted by Crippen LogP contribution is 2.16. The number of ether oxygens (including phenoxy) is 1. The molecule has 124 valence electrons. The van der Waals surface area contributed by atoms with E-state index in [0.717, 1.165) is 32.1 Å². The number of likely N-dealkylation sites (tertiary alicyclic amines) is 1. The van der Waals surface area contributed by atoms with Crippen molar-refractivity contribution in [2.75, 3.05) is 47.4 Å². The normalized spacial score (nSPS) is 18.7. The van der Waals surface area contributed by atoms with Gasteiger partial charge < -0.3 is 19.9 Å². The summed E-state index contributed by atoms with van der Waals surface area (Å²) in [5, 5.41) is 3.34. The van der Waals surface area contributed by atoms with Gasteiger partial charge in [-0.05, 0) is 20.3 Å². The van der Waals surface area contributed by atoms with Crippen LogP contribution < -0.4 is 5.32 Å². The quantitative estimate of drug-likeness (QED) is 0.416. The zero-order valence-electron chi connectivity index (χ0n) is 13.8. The van der Waals surface area contributed by atoms with Crippen LogP contribution >= 0.6 is 24.0 Å². The van der Waals surface area contributed by atoms with Gasteiger partial charge in [0, 0.05) is 46.3 Å². The number of rotatable bonds is 5. The molecule has 0 aromatic heterocycles. The Bertz CT molecular complexity index is 348. The SMILES string of the molecule is COCC1CCN(C(=NCC(=O)N(C)C)NC(C)C)C1.I. The van der Waals surface area contributed by atoms with Gasteiger partial charge in [-0.3, -0.25) is 4.79 Å². The van der Waals surface area contributed by atoms with E-state index < -0.39 is 0 Å². The fraction of sp³-hybridized carbons (Fsp3) is 0.857. The Morgan fingerprint density at radius 1 is 1.48 bits per heavy atom. The van der Waals surface area contributed by atoms with E-state index in [4.69, 9.17) is 4.74 Å². The summed E-state index contributed by atoms with van der Waals surface area (Å²) in [7, 11) is 5.23. The molecule has 1 amide bonds. The summed E-state index contributed by atoms with van der Waals surface area (Å²) < 4.78 is 5.22. The van der Waals surface area contributed by atoms with Crippen LogP contribution in [0.2, 0.25) is 0 Å². The maximum Gasteiger partial charge on any atom is 0.243 e. The first-order valence-corrected chi connectivity index (χ1v) is 7.19. The topological polar surface area (TPSA) is 57.2 Å².